The molecule has 0 radical (unpaired) electrons. The van der Waals surface area contributed by atoms with E-state index in [9.17, 15) is 43.8 Å². The van der Waals surface area contributed by atoms with Gasteiger partial charge in [0.05, 0.1) is 0 Å². The van der Waals surface area contributed by atoms with Crippen LogP contribution < -0.4 is 32.7 Å². The summed E-state index contributed by atoms with van der Waals surface area (Å²) in [5, 5.41) is 33.7. The predicted molar refractivity (Wildman–Crippen MR) is 247 cm³/mol. The molecule has 10 N–H and O–H groups in total. The molecule has 4 aromatic carbocycles. The van der Waals surface area contributed by atoms with Crippen molar-refractivity contribution in [1.82, 2.24) is 31.1 Å². The van der Waals surface area contributed by atoms with Gasteiger partial charge >= 0.3 is 0 Å². The molecule has 17 nitrogen and oxygen atoms in total. The molecule has 0 aromatic heterocycles. The zero-order valence-electron chi connectivity index (χ0n) is 36.9. The fourth-order valence-electron chi connectivity index (χ4n) is 8.29. The zero-order chi connectivity index (χ0) is 47.8. The Labute approximate surface area is 387 Å². The van der Waals surface area contributed by atoms with E-state index in [4.69, 9.17) is 23.1 Å². The summed E-state index contributed by atoms with van der Waals surface area (Å²) in [5.41, 5.74) is 14.2. The van der Waals surface area contributed by atoms with Crippen LogP contribution in [0.25, 0.3) is 22.3 Å². The van der Waals surface area contributed by atoms with Crippen molar-refractivity contribution >= 4 is 53.0 Å². The van der Waals surface area contributed by atoms with Crippen LogP contribution in [0.4, 0.5) is 0 Å². The maximum absolute atomic E-state index is 14.6. The van der Waals surface area contributed by atoms with Crippen LogP contribution in [0.5, 0.6) is 11.5 Å². The van der Waals surface area contributed by atoms with E-state index in [0.717, 1.165) is 16.0 Å². The van der Waals surface area contributed by atoms with Crippen LogP contribution in [-0.4, -0.2) is 112 Å². The van der Waals surface area contributed by atoms with Gasteiger partial charge in [0.1, 0.15) is 47.8 Å². The van der Waals surface area contributed by atoms with Crippen molar-refractivity contribution in [2.45, 2.75) is 88.6 Å². The fourth-order valence-corrected chi connectivity index (χ4v) is 8.41. The molecule has 6 atom stereocenters. The van der Waals surface area contributed by atoms with Crippen molar-refractivity contribution < 1.29 is 43.8 Å². The number of carbonyl (C=O) groups excluding carboxylic acids is 7. The van der Waals surface area contributed by atoms with E-state index in [1.165, 1.54) is 62.2 Å². The van der Waals surface area contributed by atoms with Gasteiger partial charge in [-0.3, -0.25) is 33.6 Å². The van der Waals surface area contributed by atoms with Gasteiger partial charge in [0, 0.05) is 41.7 Å². The van der Waals surface area contributed by atoms with E-state index in [1.54, 1.807) is 36.4 Å². The first-order chi connectivity index (χ1) is 31.5. The second kappa shape index (κ2) is 21.3. The molecule has 348 valence electrons. The highest BCUT2D eigenvalue weighted by Crippen LogP contribution is 2.39. The van der Waals surface area contributed by atoms with Gasteiger partial charge < -0.3 is 52.7 Å². The normalized spacial score (nSPS) is 19.3. The van der Waals surface area contributed by atoms with E-state index in [0.29, 0.717) is 42.8 Å². The first-order valence-electron chi connectivity index (χ1n) is 21.8. The molecule has 6 rings (SSSR count). The molecule has 1 saturated heterocycles. The van der Waals surface area contributed by atoms with Crippen molar-refractivity contribution in [3.63, 3.8) is 0 Å². The third kappa shape index (κ3) is 11.3. The number of carbonyl (C=O) groups is 7. The van der Waals surface area contributed by atoms with E-state index >= 15 is 0 Å². The quantitative estimate of drug-likeness (QED) is 0.0909. The molecule has 0 spiro atoms. The summed E-state index contributed by atoms with van der Waals surface area (Å²) in [6, 6.07) is 15.5. The average Bonchev–Trinajstić information content (AvgIpc) is 3.80. The van der Waals surface area contributed by atoms with E-state index in [2.05, 4.69) is 21.3 Å². The summed E-state index contributed by atoms with van der Waals surface area (Å²) in [4.78, 5) is 98.5. The highest BCUT2D eigenvalue weighted by atomic mass is 35.5. The number of fused-ring (bicyclic) bond motifs is 5. The van der Waals surface area contributed by atoms with Crippen LogP contribution in [0.3, 0.4) is 0 Å². The molecule has 1 unspecified atom stereocenters. The minimum Gasteiger partial charge on any atom is -0.507 e. The maximum atomic E-state index is 14.6. The number of benzene rings is 4. The van der Waals surface area contributed by atoms with Crippen LogP contribution in [0.2, 0.25) is 5.02 Å². The van der Waals surface area contributed by atoms with E-state index < -0.39 is 77.6 Å². The fraction of sp³-hybridized carbons (Fsp3) is 0.354. The lowest BCUT2D eigenvalue weighted by atomic mass is 9.93. The minimum atomic E-state index is -1.46. The standard InChI is InChI=1S/C48H55ClN8O9/c1-26-43(61)55-37(45(63)53-27(2)47(65)57-22-6-8-38(57)42(51)60)24-28-9-19-39(58)34(23-28)35-25-32(16-20-40(35)59)41(46(64)52-26)56(3)48(66)36(7-4-5-21-50)54-44(62)31-12-10-29(11-13-31)30-14-17-33(49)18-15-30/h9-20,23,25-27,36-38,41,58-59H,4-8,21-22,24,50H2,1-3H3,(H2,51,60)(H,52,64)(H,53,63)(H,54,62)(H,55,61)/t26-,27-,36-,37-,38?,41-/m0/s1. The van der Waals surface area contributed by atoms with Crippen molar-refractivity contribution in [2.24, 2.45) is 11.5 Å². The van der Waals surface area contributed by atoms with Crippen LogP contribution in [-0.2, 0) is 35.2 Å². The smallest absolute Gasteiger partial charge is 0.251 e. The molecule has 7 amide bonds. The lowest BCUT2D eigenvalue weighted by Crippen LogP contribution is -2.58. The topological polar surface area (TPSA) is 267 Å². The van der Waals surface area contributed by atoms with Crippen LogP contribution >= 0.6 is 11.6 Å². The number of primary amides is 1. The number of rotatable bonds is 13. The Hall–Kier alpha value is -6.98. The van der Waals surface area contributed by atoms with E-state index in [-0.39, 0.29) is 53.1 Å². The highest BCUT2D eigenvalue weighted by molar-refractivity contribution is 6.30. The molecule has 2 aliphatic heterocycles. The summed E-state index contributed by atoms with van der Waals surface area (Å²) in [5.74, 6) is -5.27. The second-order valence-corrected chi connectivity index (χ2v) is 17.1. The zero-order valence-corrected chi connectivity index (χ0v) is 37.6. The molecular weight excluding hydrogens is 868 g/mol. The summed E-state index contributed by atoms with van der Waals surface area (Å²) in [7, 11) is 1.38. The van der Waals surface area contributed by atoms with Gasteiger partial charge in [-0.25, -0.2) is 0 Å². The molecule has 4 aromatic rings. The number of nitrogens with one attached hydrogen (secondary N) is 4. The Bertz CT molecular complexity index is 2480. The first-order valence-corrected chi connectivity index (χ1v) is 22.1. The number of likely N-dealkylation sites (N-methyl/N-ethyl adjacent to an activating group) is 1. The number of hydrogen-bond donors (Lipinski definition) is 8. The molecule has 0 saturated carbocycles. The summed E-state index contributed by atoms with van der Waals surface area (Å²) < 4.78 is 0. The Kier molecular flexibility index (Phi) is 15.7. The molecule has 66 heavy (non-hydrogen) atoms. The number of nitrogens with two attached hydrogens (primary N) is 2. The van der Waals surface area contributed by atoms with Crippen LogP contribution in [0.1, 0.15) is 73.5 Å². The summed E-state index contributed by atoms with van der Waals surface area (Å²) >= 11 is 6.05. The van der Waals surface area contributed by atoms with Crippen molar-refractivity contribution in [3.8, 4) is 33.8 Å². The molecule has 2 aliphatic rings. The minimum absolute atomic E-state index is 0.0873. The Balaban J connectivity index is 1.30. The average molecular weight is 923 g/mol. The van der Waals surface area contributed by atoms with Crippen LogP contribution in [0, 0.1) is 0 Å². The Morgan fingerprint density at radius 1 is 0.864 bits per heavy atom. The predicted octanol–water partition coefficient (Wildman–Crippen LogP) is 3.04. The van der Waals surface area contributed by atoms with Gasteiger partial charge in [0.15, 0.2) is 0 Å². The number of hydrogen-bond acceptors (Lipinski definition) is 10. The van der Waals surface area contributed by atoms with Crippen molar-refractivity contribution in [3.05, 3.63) is 107 Å². The summed E-state index contributed by atoms with van der Waals surface area (Å²) in [6.45, 7) is 3.46. The summed E-state index contributed by atoms with van der Waals surface area (Å²) in [6.07, 6.45) is 1.97. The largest absolute Gasteiger partial charge is 0.507 e. The van der Waals surface area contributed by atoms with Gasteiger partial charge in [-0.2, -0.15) is 0 Å². The molecule has 0 aliphatic carbocycles. The van der Waals surface area contributed by atoms with Crippen molar-refractivity contribution in [2.75, 3.05) is 20.1 Å². The van der Waals surface area contributed by atoms with Crippen LogP contribution in [0.15, 0.2) is 84.9 Å². The number of amides is 7. The molecule has 4 bridgehead atoms. The Morgan fingerprint density at radius 3 is 2.15 bits per heavy atom. The van der Waals surface area contributed by atoms with Gasteiger partial charge in [-0.1, -0.05) is 48.0 Å². The lowest BCUT2D eigenvalue weighted by Gasteiger charge is -2.32. The number of aromatic hydroxyl groups is 2. The molecule has 2 heterocycles. The number of halogens is 1. The van der Waals surface area contributed by atoms with Gasteiger partial charge in [0.2, 0.25) is 35.4 Å². The Morgan fingerprint density at radius 2 is 1.50 bits per heavy atom. The monoisotopic (exact) mass is 922 g/mol. The maximum Gasteiger partial charge on any atom is 0.251 e. The van der Waals surface area contributed by atoms with Crippen molar-refractivity contribution in [1.29, 1.82) is 0 Å². The van der Waals surface area contributed by atoms with Gasteiger partial charge in [-0.05, 0) is 123 Å². The third-order valence-electron chi connectivity index (χ3n) is 12.0. The van der Waals surface area contributed by atoms with Gasteiger partial charge in [0.25, 0.3) is 5.91 Å². The SMILES string of the molecule is C[C@@H]1NC(=O)[C@@H](N(C)C(=O)[C@H](CCCCN)NC(=O)c2ccc(-c3ccc(Cl)cc3)cc2)c2ccc(O)c(c2)-c2cc(ccc2O)C[C@@H](C(=O)N[C@@H](C)C(=O)N2CCCC2C(N)=O)NC1=O. The number of phenolic OH excluding ortho intramolecular Hbond substituents is 2. The first kappa shape index (κ1) is 48.5. The number of unbranched alkanes of at least 4 members (excludes halogenated alkanes) is 1. The lowest BCUT2D eigenvalue weighted by molar-refractivity contribution is -0.142. The third-order valence-corrected chi connectivity index (χ3v) is 12.2. The number of likely N-dealkylation sites (tertiary alicyclic amines) is 1. The molecule has 1 fully saturated rings. The highest BCUT2D eigenvalue weighted by Gasteiger charge is 2.38. The van der Waals surface area contributed by atoms with Gasteiger partial charge in [-0.15, -0.1) is 0 Å². The molecule has 18 heteroatoms. The van der Waals surface area contributed by atoms with E-state index in [1.807, 2.05) is 12.1 Å². The number of nitrogens with zero attached hydrogens (tertiary/aromatic N) is 2. The molecular formula is C48H55ClN8O9. The number of phenols is 2. The second-order valence-electron chi connectivity index (χ2n) is 16.7.